The van der Waals surface area contributed by atoms with Crippen LogP contribution in [-0.4, -0.2) is 74.4 Å². The van der Waals surface area contributed by atoms with E-state index in [0.717, 1.165) is 36.4 Å². The molecule has 5 aromatic rings. The van der Waals surface area contributed by atoms with E-state index in [2.05, 4.69) is 41.3 Å². The number of anilines is 2. The van der Waals surface area contributed by atoms with Crippen LogP contribution in [0.2, 0.25) is 0 Å². The Morgan fingerprint density at radius 2 is 0.821 bits per heavy atom. The van der Waals surface area contributed by atoms with Crippen LogP contribution in [0, 0.1) is 47.8 Å². The highest BCUT2D eigenvalue weighted by Crippen LogP contribution is 2.57. The number of nitrogens with one attached hydrogen (secondary N) is 1. The number of nitro groups is 3. The predicted molar refractivity (Wildman–Crippen MR) is 240 cm³/mol. The van der Waals surface area contributed by atoms with Gasteiger partial charge in [-0.3, -0.25) is 39.9 Å². The minimum atomic E-state index is -6.70. The van der Waals surface area contributed by atoms with Gasteiger partial charge in [-0.2, -0.15) is 65.9 Å². The lowest BCUT2D eigenvalue weighted by molar-refractivity contribution is -0.387. The zero-order valence-corrected chi connectivity index (χ0v) is 42.6. The van der Waals surface area contributed by atoms with E-state index in [9.17, 15) is 146 Å². The Morgan fingerprint density at radius 3 is 1.15 bits per heavy atom. The normalized spacial score (nSPS) is 12.2. The molecular weight excluding hydrogens is 1390 g/mol. The Kier molecular flexibility index (Phi) is 22.5. The van der Waals surface area contributed by atoms with Crippen LogP contribution in [0.3, 0.4) is 0 Å². The van der Waals surface area contributed by atoms with Gasteiger partial charge < -0.3 is 25.6 Å². The van der Waals surface area contributed by atoms with E-state index < -0.39 is 187 Å². The van der Waals surface area contributed by atoms with Crippen LogP contribution >= 0.6 is 43.5 Å². The summed E-state index contributed by atoms with van der Waals surface area (Å²) in [6.07, 6.45) is -37.6. The van der Waals surface area contributed by atoms with Crippen molar-refractivity contribution in [2.45, 2.75) is 48.8 Å². The van der Waals surface area contributed by atoms with E-state index in [1.807, 2.05) is 0 Å². The SMILES string of the molecule is Nc1c(Br)cc(C(F)(C(F)(F)F)C(F)(F)F)cc1OC(F)(F)F.O=C(Cl)c1cccc([N+](=O)[O-])c1F.O=C(Nc1c(Br)cc(C(F)(C(F)(F)F)C(F)(F)F)cc1OC(F)(F)F)c1cccc([N+](=O)[O-])c1F.O=C(O)c1cccc([N+](=O)[O-])c1F. The highest BCUT2D eigenvalue weighted by molar-refractivity contribution is 9.11. The third-order valence-electron chi connectivity index (χ3n) is 9.41. The second-order valence-electron chi connectivity index (χ2n) is 14.8. The summed E-state index contributed by atoms with van der Waals surface area (Å²) < 4.78 is 301. The number of carboxylic acids is 1. The molecule has 0 fully saturated rings. The Balaban J connectivity index is 0.000000419. The van der Waals surface area contributed by atoms with Crippen molar-refractivity contribution in [3.8, 4) is 11.5 Å². The molecule has 0 saturated heterocycles. The summed E-state index contributed by atoms with van der Waals surface area (Å²) in [5.41, 5.74) is -19.0. The molecule has 0 aliphatic heterocycles. The Labute approximate surface area is 467 Å². The fraction of sp³-hybridized carbons (Fsp3) is 0.195. The van der Waals surface area contributed by atoms with Crippen LogP contribution in [0.5, 0.6) is 11.5 Å². The minimum Gasteiger partial charge on any atom is -0.478 e. The number of nitro benzene ring substituents is 3. The number of benzene rings is 5. The number of halogens is 26. The molecule has 5 rings (SSSR count). The maximum Gasteiger partial charge on any atom is 0.573 e. The van der Waals surface area contributed by atoms with Gasteiger partial charge in [-0.05, 0) is 85.9 Å². The number of amides is 1. The molecule has 0 atom stereocenters. The fourth-order valence-electron chi connectivity index (χ4n) is 5.74. The molecule has 0 saturated carbocycles. The maximum absolute atomic E-state index is 14.4. The topological polar surface area (TPSA) is 257 Å². The Morgan fingerprint density at radius 1 is 0.512 bits per heavy atom. The highest BCUT2D eigenvalue weighted by atomic mass is 79.9. The van der Waals surface area contributed by atoms with Crippen molar-refractivity contribution >= 4 is 89.0 Å². The number of nitrogens with zero attached hydrogens (tertiary/aromatic N) is 3. The average Bonchev–Trinajstić information content (AvgIpc) is 1.35. The first-order chi connectivity index (χ1) is 37.8. The molecular formula is C41H17Br2ClF23N5O12. The van der Waals surface area contributed by atoms with E-state index >= 15 is 0 Å². The van der Waals surface area contributed by atoms with Crippen LogP contribution < -0.4 is 20.5 Å². The van der Waals surface area contributed by atoms with Crippen LogP contribution in [0.15, 0.2) is 87.8 Å². The lowest BCUT2D eigenvalue weighted by atomic mass is 9.93. The number of ether oxygens (including phenoxy) is 2. The van der Waals surface area contributed by atoms with Gasteiger partial charge in [0.15, 0.2) is 11.5 Å². The molecule has 460 valence electrons. The highest BCUT2D eigenvalue weighted by Gasteiger charge is 2.75. The van der Waals surface area contributed by atoms with Gasteiger partial charge in [0.05, 0.1) is 37.3 Å². The summed E-state index contributed by atoms with van der Waals surface area (Å²) in [5, 5.41) is 40.0. The lowest BCUT2D eigenvalue weighted by Crippen LogP contribution is -2.50. The maximum atomic E-state index is 14.4. The van der Waals surface area contributed by atoms with Gasteiger partial charge in [0, 0.05) is 38.3 Å². The standard InChI is InChI=1S/C17H6BrF11N2O4.C10H4BrF10NO.C7H3ClFNO3.C7H4FNO4/c18-8-4-6(14(20,15(21,22)23)16(24,25)26)5-10(35-17(27,28)29)12(8)30-13(32)7-2-1-3-9(11(7)19)31(33)34;11-4-1-3(2-5(6(4)22)23-10(19,20)21)7(12,8(13,14)15)9(16,17)18;8-7(11)4-2-1-3-5(6(4)9)10(12)13;8-6-4(7(10)11)2-1-3-5(6)9(12)13/h1-5H,(H,30,32);1-2H,22H2;1-3H;1-3H,(H,10,11). The van der Waals surface area contributed by atoms with Gasteiger partial charge in [-0.15, -0.1) is 26.3 Å². The second kappa shape index (κ2) is 26.3. The number of hydrogen-bond acceptors (Lipinski definition) is 12. The fourth-order valence-corrected chi connectivity index (χ4v) is 6.87. The quantitative estimate of drug-likeness (QED) is 0.0366. The lowest BCUT2D eigenvalue weighted by Gasteiger charge is -2.31. The molecule has 0 aliphatic rings. The zero-order valence-electron chi connectivity index (χ0n) is 38.7. The Hall–Kier alpha value is -8.05. The summed E-state index contributed by atoms with van der Waals surface area (Å²) in [6.45, 7) is 0. The van der Waals surface area contributed by atoms with Gasteiger partial charge >= 0.3 is 71.8 Å². The van der Waals surface area contributed by atoms with E-state index in [-0.39, 0.29) is 12.1 Å². The average molecular weight is 1400 g/mol. The zero-order chi connectivity index (χ0) is 65.6. The molecule has 0 aromatic heterocycles. The first-order valence-corrected chi connectivity index (χ1v) is 21.9. The number of carbonyl (C=O) groups excluding carboxylic acids is 2. The molecule has 0 unspecified atom stereocenters. The third-order valence-corrected chi connectivity index (χ3v) is 10.9. The smallest absolute Gasteiger partial charge is 0.478 e. The van der Waals surface area contributed by atoms with Crippen molar-refractivity contribution in [2.75, 3.05) is 11.1 Å². The molecule has 17 nitrogen and oxygen atoms in total. The molecule has 0 radical (unpaired) electrons. The van der Waals surface area contributed by atoms with Crippen LogP contribution in [-0.2, 0) is 11.3 Å². The largest absolute Gasteiger partial charge is 0.573 e. The summed E-state index contributed by atoms with van der Waals surface area (Å²) in [4.78, 5) is 61.2. The number of nitrogen functional groups attached to an aromatic ring is 1. The summed E-state index contributed by atoms with van der Waals surface area (Å²) in [6, 6.07) is 6.97. The molecule has 5 aromatic carbocycles. The number of carboxylic acid groups (broad SMARTS) is 1. The first kappa shape index (κ1) is 72.1. The van der Waals surface area contributed by atoms with Crippen molar-refractivity contribution < 1.29 is 145 Å². The third kappa shape index (κ3) is 17.0. The van der Waals surface area contributed by atoms with Gasteiger partial charge in [-0.25, -0.2) is 13.6 Å². The van der Waals surface area contributed by atoms with Crippen LogP contribution in [0.1, 0.15) is 42.2 Å². The van der Waals surface area contributed by atoms with Gasteiger partial charge in [-0.1, -0.05) is 18.2 Å². The van der Waals surface area contributed by atoms with Crippen LogP contribution in [0.4, 0.5) is 129 Å². The summed E-state index contributed by atoms with van der Waals surface area (Å²) in [7, 11) is 0. The molecule has 84 heavy (non-hydrogen) atoms. The van der Waals surface area contributed by atoms with E-state index in [1.165, 1.54) is 11.4 Å². The van der Waals surface area contributed by atoms with Crippen LogP contribution in [0.25, 0.3) is 0 Å². The number of hydrogen-bond donors (Lipinski definition) is 3. The van der Waals surface area contributed by atoms with Crippen molar-refractivity contribution in [2.24, 2.45) is 0 Å². The second-order valence-corrected chi connectivity index (χ2v) is 16.9. The molecule has 43 heteroatoms. The first-order valence-electron chi connectivity index (χ1n) is 19.9. The molecule has 1 amide bonds. The van der Waals surface area contributed by atoms with Crippen molar-refractivity contribution in [1.29, 1.82) is 0 Å². The molecule has 0 bridgehead atoms. The number of alkyl halides is 20. The van der Waals surface area contributed by atoms with Crippen molar-refractivity contribution in [1.82, 2.24) is 0 Å². The number of rotatable bonds is 11. The molecule has 0 aliphatic carbocycles. The van der Waals surface area contributed by atoms with Gasteiger partial charge in [0.25, 0.3) is 11.1 Å². The minimum absolute atomic E-state index is 0.0282. The Bertz CT molecular complexity index is 3180. The molecule has 0 heterocycles. The predicted octanol–water partition coefficient (Wildman–Crippen LogP) is 15.7. The van der Waals surface area contributed by atoms with E-state index in [0.29, 0.717) is 12.1 Å². The van der Waals surface area contributed by atoms with Gasteiger partial charge in [0.1, 0.15) is 5.56 Å². The van der Waals surface area contributed by atoms with E-state index in [1.54, 1.807) is 0 Å². The number of carbonyl (C=O) groups is 3. The summed E-state index contributed by atoms with van der Waals surface area (Å²) >= 11 is 9.66. The van der Waals surface area contributed by atoms with Crippen molar-refractivity contribution in [3.63, 3.8) is 0 Å². The monoisotopic (exact) mass is 1400 g/mol. The molecule has 4 N–H and O–H groups in total. The molecule has 0 spiro atoms. The van der Waals surface area contributed by atoms with Crippen molar-refractivity contribution in [3.05, 3.63) is 163 Å². The van der Waals surface area contributed by atoms with E-state index in [4.69, 9.17) is 22.4 Å². The number of nitrogens with two attached hydrogens (primary N) is 1. The summed E-state index contributed by atoms with van der Waals surface area (Å²) in [5.74, 6) is -11.1. The van der Waals surface area contributed by atoms with Gasteiger partial charge in [0.2, 0.25) is 17.5 Å². The number of aromatic carboxylic acids is 1.